The average Bonchev–Trinajstić information content (AvgIpc) is 3.27. The highest BCUT2D eigenvalue weighted by Gasteiger charge is 2.27. The second kappa shape index (κ2) is 9.22. The van der Waals surface area contributed by atoms with E-state index in [1.807, 2.05) is 29.2 Å². The number of hydrogen-bond donors (Lipinski definition) is 1. The molecule has 10 heteroatoms. The molecule has 3 aromatic rings. The third kappa shape index (κ3) is 4.65. The molecule has 1 amide bonds. The zero-order valence-corrected chi connectivity index (χ0v) is 19.1. The van der Waals surface area contributed by atoms with Gasteiger partial charge in [-0.2, -0.15) is 4.31 Å². The number of aromatic amines is 1. The first-order chi connectivity index (χ1) is 16.0. The number of aromatic nitrogens is 2. The van der Waals surface area contributed by atoms with Crippen LogP contribution in [-0.4, -0.2) is 90.9 Å². The van der Waals surface area contributed by atoms with Crippen LogP contribution in [0.2, 0.25) is 0 Å². The molecular weight excluding hydrogens is 442 g/mol. The summed E-state index contributed by atoms with van der Waals surface area (Å²) in [4.78, 5) is 25.2. The quantitative estimate of drug-likeness (QED) is 0.609. The molecule has 9 nitrogen and oxygen atoms in total. The molecular formula is C23H27N5O4S. The Hall–Kier alpha value is -2.79. The highest BCUT2D eigenvalue weighted by molar-refractivity contribution is 7.89. The van der Waals surface area contributed by atoms with Gasteiger partial charge in [0.1, 0.15) is 5.82 Å². The first kappa shape index (κ1) is 22.0. The lowest BCUT2D eigenvalue weighted by Gasteiger charge is -2.34. The molecule has 0 unspecified atom stereocenters. The van der Waals surface area contributed by atoms with Gasteiger partial charge in [-0.05, 0) is 36.4 Å². The minimum absolute atomic E-state index is 0.0753. The fourth-order valence-electron chi connectivity index (χ4n) is 4.29. The summed E-state index contributed by atoms with van der Waals surface area (Å²) in [5.41, 5.74) is 2.49. The Morgan fingerprint density at radius 1 is 0.939 bits per heavy atom. The molecule has 3 heterocycles. The van der Waals surface area contributed by atoms with Crippen molar-refractivity contribution in [2.75, 3.05) is 52.5 Å². The van der Waals surface area contributed by atoms with E-state index in [1.165, 1.54) is 16.4 Å². The van der Waals surface area contributed by atoms with Gasteiger partial charge in [0.15, 0.2) is 0 Å². The fraction of sp³-hybridized carbons (Fsp3) is 0.391. The minimum atomic E-state index is -3.56. The highest BCUT2D eigenvalue weighted by atomic mass is 32.2. The van der Waals surface area contributed by atoms with Crippen molar-refractivity contribution in [2.45, 2.75) is 11.4 Å². The lowest BCUT2D eigenvalue weighted by molar-refractivity contribution is 0.0626. The molecule has 33 heavy (non-hydrogen) atoms. The predicted molar refractivity (Wildman–Crippen MR) is 123 cm³/mol. The smallest absolute Gasteiger partial charge is 0.253 e. The number of H-pyrrole nitrogens is 1. The number of ether oxygens (including phenoxy) is 1. The zero-order chi connectivity index (χ0) is 22.8. The van der Waals surface area contributed by atoms with Crippen molar-refractivity contribution in [2.24, 2.45) is 0 Å². The van der Waals surface area contributed by atoms with Gasteiger partial charge in [-0.15, -0.1) is 0 Å². The summed E-state index contributed by atoms with van der Waals surface area (Å²) in [5.74, 6) is 0.849. The molecule has 2 aliphatic rings. The molecule has 0 atom stereocenters. The third-order valence-corrected chi connectivity index (χ3v) is 8.09. The molecule has 1 N–H and O–H groups in total. The normalized spacial score (nSPS) is 18.6. The minimum Gasteiger partial charge on any atom is -0.379 e. The van der Waals surface area contributed by atoms with Crippen LogP contribution in [0.25, 0.3) is 11.0 Å². The lowest BCUT2D eigenvalue weighted by Crippen LogP contribution is -2.48. The molecule has 2 saturated heterocycles. The number of benzene rings is 2. The molecule has 2 aromatic carbocycles. The van der Waals surface area contributed by atoms with Crippen molar-refractivity contribution in [3.05, 3.63) is 59.9 Å². The summed E-state index contributed by atoms with van der Waals surface area (Å²) in [6.45, 7) is 4.96. The van der Waals surface area contributed by atoms with Gasteiger partial charge in [-0.25, -0.2) is 13.4 Å². The predicted octanol–water partition coefficient (Wildman–Crippen LogP) is 1.54. The van der Waals surface area contributed by atoms with E-state index < -0.39 is 10.0 Å². The van der Waals surface area contributed by atoms with Crippen molar-refractivity contribution in [3.63, 3.8) is 0 Å². The summed E-state index contributed by atoms with van der Waals surface area (Å²) in [7, 11) is -3.56. The van der Waals surface area contributed by atoms with Crippen LogP contribution >= 0.6 is 0 Å². The Labute approximate surface area is 193 Å². The highest BCUT2D eigenvalue weighted by Crippen LogP contribution is 2.19. The van der Waals surface area contributed by atoms with Gasteiger partial charge in [-0.1, -0.05) is 12.1 Å². The van der Waals surface area contributed by atoms with Gasteiger partial charge >= 0.3 is 0 Å². The van der Waals surface area contributed by atoms with Gasteiger partial charge < -0.3 is 14.6 Å². The topological polar surface area (TPSA) is 98.8 Å². The van der Waals surface area contributed by atoms with E-state index in [0.717, 1.165) is 29.9 Å². The standard InChI is InChI=1S/C23H27N5O4S/c29-23(18-5-7-19(8-6-18)33(30,31)28-13-15-32-16-14-28)27-11-9-26(10-12-27)17-22-24-20-3-1-2-4-21(20)25-22/h1-8H,9-17H2,(H,24,25). The Morgan fingerprint density at radius 3 is 2.33 bits per heavy atom. The Kier molecular flexibility index (Phi) is 6.15. The molecule has 0 radical (unpaired) electrons. The van der Waals surface area contributed by atoms with Crippen LogP contribution in [-0.2, 0) is 21.3 Å². The monoisotopic (exact) mass is 469 g/mol. The molecule has 174 valence electrons. The van der Waals surface area contributed by atoms with E-state index in [2.05, 4.69) is 14.9 Å². The third-order valence-electron chi connectivity index (χ3n) is 6.18. The first-order valence-electron chi connectivity index (χ1n) is 11.1. The summed E-state index contributed by atoms with van der Waals surface area (Å²) in [6.07, 6.45) is 0. The van der Waals surface area contributed by atoms with Crippen molar-refractivity contribution in [1.82, 2.24) is 24.1 Å². The van der Waals surface area contributed by atoms with Gasteiger partial charge in [0.05, 0.1) is 35.7 Å². The lowest BCUT2D eigenvalue weighted by atomic mass is 10.2. The number of amides is 1. The Bertz CT molecular complexity index is 1190. The molecule has 5 rings (SSSR count). The number of para-hydroxylation sites is 2. The molecule has 0 bridgehead atoms. The number of rotatable bonds is 5. The summed E-state index contributed by atoms with van der Waals surface area (Å²) in [5, 5.41) is 0. The molecule has 0 aliphatic carbocycles. The van der Waals surface area contributed by atoms with E-state index in [4.69, 9.17) is 4.74 Å². The van der Waals surface area contributed by atoms with E-state index >= 15 is 0 Å². The van der Waals surface area contributed by atoms with Crippen molar-refractivity contribution in [3.8, 4) is 0 Å². The maximum Gasteiger partial charge on any atom is 0.253 e. The Morgan fingerprint density at radius 2 is 1.64 bits per heavy atom. The van der Waals surface area contributed by atoms with E-state index in [-0.39, 0.29) is 10.8 Å². The van der Waals surface area contributed by atoms with Crippen LogP contribution in [0.5, 0.6) is 0 Å². The number of sulfonamides is 1. The number of carbonyl (C=O) groups is 1. The largest absolute Gasteiger partial charge is 0.379 e. The van der Waals surface area contributed by atoms with Crippen LogP contribution in [0.15, 0.2) is 53.4 Å². The number of morpholine rings is 1. The average molecular weight is 470 g/mol. The zero-order valence-electron chi connectivity index (χ0n) is 18.3. The van der Waals surface area contributed by atoms with Crippen LogP contribution in [0.1, 0.15) is 16.2 Å². The van der Waals surface area contributed by atoms with Gasteiger partial charge in [-0.3, -0.25) is 9.69 Å². The number of imidazole rings is 1. The number of carbonyl (C=O) groups excluding carboxylic acids is 1. The molecule has 0 spiro atoms. The molecule has 2 fully saturated rings. The fourth-order valence-corrected chi connectivity index (χ4v) is 5.70. The maximum absolute atomic E-state index is 13.0. The molecule has 0 saturated carbocycles. The van der Waals surface area contributed by atoms with E-state index in [0.29, 0.717) is 51.5 Å². The van der Waals surface area contributed by atoms with Crippen LogP contribution in [0.3, 0.4) is 0 Å². The van der Waals surface area contributed by atoms with Gasteiger partial charge in [0.2, 0.25) is 10.0 Å². The maximum atomic E-state index is 13.0. The SMILES string of the molecule is O=C(c1ccc(S(=O)(=O)N2CCOCC2)cc1)N1CCN(Cc2nc3ccccc3[nH]2)CC1. The summed E-state index contributed by atoms with van der Waals surface area (Å²) < 4.78 is 32.2. The first-order valence-corrected chi connectivity index (χ1v) is 12.6. The second-order valence-corrected chi connectivity index (χ2v) is 10.2. The van der Waals surface area contributed by atoms with Crippen LogP contribution in [0.4, 0.5) is 0 Å². The van der Waals surface area contributed by atoms with Crippen molar-refractivity contribution < 1.29 is 17.9 Å². The molecule has 2 aliphatic heterocycles. The van der Waals surface area contributed by atoms with E-state index in [9.17, 15) is 13.2 Å². The van der Waals surface area contributed by atoms with E-state index in [1.54, 1.807) is 12.1 Å². The van der Waals surface area contributed by atoms with Crippen LogP contribution in [0, 0.1) is 0 Å². The number of nitrogens with one attached hydrogen (secondary N) is 1. The second-order valence-electron chi connectivity index (χ2n) is 8.31. The number of hydrogen-bond acceptors (Lipinski definition) is 6. The van der Waals surface area contributed by atoms with Crippen LogP contribution < -0.4 is 0 Å². The van der Waals surface area contributed by atoms with Gasteiger partial charge in [0.25, 0.3) is 5.91 Å². The number of piperazine rings is 1. The van der Waals surface area contributed by atoms with Gasteiger partial charge in [0, 0.05) is 44.8 Å². The molecule has 1 aromatic heterocycles. The van der Waals surface area contributed by atoms with Crippen molar-refractivity contribution >= 4 is 27.0 Å². The number of fused-ring (bicyclic) bond motifs is 1. The van der Waals surface area contributed by atoms with Crippen molar-refractivity contribution in [1.29, 1.82) is 0 Å². The Balaban J connectivity index is 1.18. The summed E-state index contributed by atoms with van der Waals surface area (Å²) in [6, 6.07) is 14.2. The summed E-state index contributed by atoms with van der Waals surface area (Å²) >= 11 is 0. The number of nitrogens with zero attached hydrogens (tertiary/aromatic N) is 4.